The van der Waals surface area contributed by atoms with Crippen LogP contribution in [0.25, 0.3) is 0 Å². The van der Waals surface area contributed by atoms with Gasteiger partial charge in [-0.25, -0.2) is 0 Å². The van der Waals surface area contributed by atoms with Gasteiger partial charge in [-0.1, -0.05) is 24.3 Å². The average molecular weight is 393 g/mol. The number of H-pyrrole nitrogens is 1. The molecule has 140 valence electrons. The molecule has 2 aromatic rings. The molecule has 3 atom stereocenters. The van der Waals surface area contributed by atoms with Crippen molar-refractivity contribution in [2.75, 3.05) is 26.7 Å². The molecular formula is C20H26Cl2N4. The lowest BCUT2D eigenvalue weighted by Crippen LogP contribution is -2.29. The smallest absolute Gasteiger partial charge is 0.117 e. The van der Waals surface area contributed by atoms with Crippen molar-refractivity contribution in [3.63, 3.8) is 0 Å². The molecule has 4 rings (SSSR count). The SMILES string of the molecule is Cc1ccccc1[C@@H]1[C@@H]2CN(Cc3c[nH]c(C#N)c3)C[C@@H]2CN1C.Cl.Cl. The van der Waals surface area contributed by atoms with Crippen LogP contribution in [0.1, 0.15) is 28.4 Å². The van der Waals surface area contributed by atoms with Crippen molar-refractivity contribution in [3.8, 4) is 6.07 Å². The third-order valence-corrected chi connectivity index (χ3v) is 5.75. The highest BCUT2D eigenvalue weighted by molar-refractivity contribution is 5.85. The molecule has 1 aromatic heterocycles. The molecule has 2 saturated heterocycles. The Morgan fingerprint density at radius 1 is 1.19 bits per heavy atom. The molecule has 6 heteroatoms. The third-order valence-electron chi connectivity index (χ3n) is 5.75. The Hall–Kier alpha value is -1.51. The van der Waals surface area contributed by atoms with E-state index in [0.29, 0.717) is 17.7 Å². The second-order valence-corrected chi connectivity index (χ2v) is 7.39. The van der Waals surface area contributed by atoms with Crippen molar-refractivity contribution in [3.05, 3.63) is 58.9 Å². The van der Waals surface area contributed by atoms with Crippen LogP contribution in [0.15, 0.2) is 36.5 Å². The predicted molar refractivity (Wildman–Crippen MR) is 109 cm³/mol. The summed E-state index contributed by atoms with van der Waals surface area (Å²) in [7, 11) is 2.27. The summed E-state index contributed by atoms with van der Waals surface area (Å²) in [6.45, 7) is 6.64. The molecule has 0 radical (unpaired) electrons. The van der Waals surface area contributed by atoms with Crippen LogP contribution in [0.5, 0.6) is 0 Å². The summed E-state index contributed by atoms with van der Waals surface area (Å²) in [5.74, 6) is 1.44. The Morgan fingerprint density at radius 2 is 1.96 bits per heavy atom. The van der Waals surface area contributed by atoms with E-state index in [4.69, 9.17) is 5.26 Å². The molecule has 4 nitrogen and oxygen atoms in total. The van der Waals surface area contributed by atoms with Crippen molar-refractivity contribution >= 4 is 24.8 Å². The fraction of sp³-hybridized carbons (Fsp3) is 0.450. The number of aromatic nitrogens is 1. The monoisotopic (exact) mass is 392 g/mol. The van der Waals surface area contributed by atoms with Crippen LogP contribution < -0.4 is 0 Å². The number of hydrogen-bond acceptors (Lipinski definition) is 3. The number of aromatic amines is 1. The zero-order valence-electron chi connectivity index (χ0n) is 15.2. The zero-order chi connectivity index (χ0) is 16.7. The first-order valence-electron chi connectivity index (χ1n) is 8.71. The maximum absolute atomic E-state index is 8.96. The van der Waals surface area contributed by atoms with E-state index in [1.165, 1.54) is 23.2 Å². The first-order chi connectivity index (χ1) is 11.7. The molecular weight excluding hydrogens is 367 g/mol. The van der Waals surface area contributed by atoms with Gasteiger partial charge in [-0.2, -0.15) is 5.26 Å². The van der Waals surface area contributed by atoms with Gasteiger partial charge in [0.25, 0.3) is 0 Å². The molecule has 2 aliphatic rings. The van der Waals surface area contributed by atoms with Crippen LogP contribution in [-0.2, 0) is 6.54 Å². The van der Waals surface area contributed by atoms with Gasteiger partial charge in [0.05, 0.1) is 0 Å². The van der Waals surface area contributed by atoms with E-state index in [0.717, 1.165) is 25.6 Å². The number of nitrogens with one attached hydrogen (secondary N) is 1. The minimum Gasteiger partial charge on any atom is -0.353 e. The van der Waals surface area contributed by atoms with Gasteiger partial charge < -0.3 is 4.98 Å². The van der Waals surface area contributed by atoms with Crippen molar-refractivity contribution < 1.29 is 0 Å². The Balaban J connectivity index is 0.00000121. The van der Waals surface area contributed by atoms with E-state index in [1.807, 2.05) is 12.3 Å². The van der Waals surface area contributed by atoms with Crippen LogP contribution >= 0.6 is 24.8 Å². The van der Waals surface area contributed by atoms with Gasteiger partial charge in [0, 0.05) is 38.4 Å². The molecule has 0 saturated carbocycles. The fourth-order valence-corrected chi connectivity index (χ4v) is 4.72. The topological polar surface area (TPSA) is 46.1 Å². The summed E-state index contributed by atoms with van der Waals surface area (Å²) < 4.78 is 0. The number of nitriles is 1. The standard InChI is InChI=1S/C20H24N4.2ClH/c1-14-5-3-4-6-18(14)20-19-13-24(12-16(19)11-23(20)2)10-15-7-17(8-21)22-9-15;;/h3-7,9,16,19-20,22H,10-13H2,1-2H3;2*1H/t16-,19+,20+;;/m0../s1. The lowest BCUT2D eigenvalue weighted by Gasteiger charge is -2.28. The largest absolute Gasteiger partial charge is 0.353 e. The summed E-state index contributed by atoms with van der Waals surface area (Å²) in [4.78, 5) is 8.13. The summed E-state index contributed by atoms with van der Waals surface area (Å²) in [5.41, 5.74) is 4.76. The summed E-state index contributed by atoms with van der Waals surface area (Å²) in [6, 6.07) is 13.5. The minimum atomic E-state index is 0. The number of nitrogens with zero attached hydrogens (tertiary/aromatic N) is 3. The van der Waals surface area contributed by atoms with Gasteiger partial charge >= 0.3 is 0 Å². The van der Waals surface area contributed by atoms with E-state index in [1.54, 1.807) is 0 Å². The normalized spacial score (nSPS) is 25.2. The van der Waals surface area contributed by atoms with Gasteiger partial charge in [-0.05, 0) is 48.6 Å². The van der Waals surface area contributed by atoms with Crippen molar-refractivity contribution in [1.29, 1.82) is 5.26 Å². The van der Waals surface area contributed by atoms with E-state index in [2.05, 4.69) is 59.1 Å². The fourth-order valence-electron chi connectivity index (χ4n) is 4.72. The van der Waals surface area contributed by atoms with Gasteiger partial charge in [0.15, 0.2) is 0 Å². The van der Waals surface area contributed by atoms with Gasteiger partial charge in [-0.15, -0.1) is 24.8 Å². The second-order valence-electron chi connectivity index (χ2n) is 7.39. The van der Waals surface area contributed by atoms with Gasteiger partial charge in [0.2, 0.25) is 0 Å². The maximum Gasteiger partial charge on any atom is 0.117 e. The van der Waals surface area contributed by atoms with Crippen molar-refractivity contribution in [2.24, 2.45) is 11.8 Å². The Labute approximate surface area is 168 Å². The molecule has 0 aliphatic carbocycles. The molecule has 2 aliphatic heterocycles. The highest BCUT2D eigenvalue weighted by Crippen LogP contribution is 2.45. The quantitative estimate of drug-likeness (QED) is 0.864. The Bertz CT molecular complexity index is 782. The number of fused-ring (bicyclic) bond motifs is 1. The molecule has 0 bridgehead atoms. The Morgan fingerprint density at radius 3 is 2.65 bits per heavy atom. The summed E-state index contributed by atoms with van der Waals surface area (Å²) >= 11 is 0. The van der Waals surface area contributed by atoms with E-state index in [-0.39, 0.29) is 24.8 Å². The highest BCUT2D eigenvalue weighted by atomic mass is 35.5. The van der Waals surface area contributed by atoms with Gasteiger partial charge in [0.1, 0.15) is 11.8 Å². The lowest BCUT2D eigenvalue weighted by molar-refractivity contribution is 0.224. The van der Waals surface area contributed by atoms with E-state index < -0.39 is 0 Å². The van der Waals surface area contributed by atoms with E-state index in [9.17, 15) is 0 Å². The lowest BCUT2D eigenvalue weighted by atomic mass is 9.88. The van der Waals surface area contributed by atoms with Crippen LogP contribution in [0.3, 0.4) is 0 Å². The molecule has 0 unspecified atom stereocenters. The summed E-state index contributed by atoms with van der Waals surface area (Å²) in [5, 5.41) is 8.96. The number of halogens is 2. The van der Waals surface area contributed by atoms with Crippen LogP contribution in [0, 0.1) is 30.1 Å². The molecule has 0 amide bonds. The number of benzene rings is 1. The third kappa shape index (κ3) is 3.77. The highest BCUT2D eigenvalue weighted by Gasteiger charge is 2.46. The average Bonchev–Trinajstić information content (AvgIpc) is 3.23. The summed E-state index contributed by atoms with van der Waals surface area (Å²) in [6.07, 6.45) is 1.97. The van der Waals surface area contributed by atoms with Gasteiger partial charge in [-0.3, -0.25) is 9.80 Å². The number of aryl methyl sites for hydroxylation is 1. The second kappa shape index (κ2) is 8.45. The number of rotatable bonds is 3. The molecule has 1 aromatic carbocycles. The molecule has 0 spiro atoms. The molecule has 2 fully saturated rings. The van der Waals surface area contributed by atoms with Crippen LogP contribution in [0.4, 0.5) is 0 Å². The van der Waals surface area contributed by atoms with Crippen molar-refractivity contribution in [2.45, 2.75) is 19.5 Å². The molecule has 1 N–H and O–H groups in total. The molecule has 3 heterocycles. The van der Waals surface area contributed by atoms with Crippen molar-refractivity contribution in [1.82, 2.24) is 14.8 Å². The van der Waals surface area contributed by atoms with E-state index >= 15 is 0 Å². The number of likely N-dealkylation sites (tertiary alicyclic amines) is 2. The molecule has 26 heavy (non-hydrogen) atoms. The predicted octanol–water partition coefficient (Wildman–Crippen LogP) is 3.77. The van der Waals surface area contributed by atoms with Crippen LogP contribution in [0.2, 0.25) is 0 Å². The first kappa shape index (κ1) is 20.8. The maximum atomic E-state index is 8.96. The minimum absolute atomic E-state index is 0. The first-order valence-corrected chi connectivity index (χ1v) is 8.71. The van der Waals surface area contributed by atoms with Crippen LogP contribution in [-0.4, -0.2) is 41.5 Å². The number of hydrogen-bond donors (Lipinski definition) is 1. The Kier molecular flexibility index (Phi) is 6.76. The zero-order valence-corrected chi connectivity index (χ0v) is 16.8.